The molecule has 1 atom stereocenters. The number of hydrogen-bond donors (Lipinski definition) is 1. The third-order valence-electron chi connectivity index (χ3n) is 5.64. The van der Waals surface area contributed by atoms with Gasteiger partial charge in [-0.3, -0.25) is 4.90 Å². The Kier molecular flexibility index (Phi) is 5.92. The zero-order chi connectivity index (χ0) is 20.4. The van der Waals surface area contributed by atoms with Crippen LogP contribution in [0.2, 0.25) is 0 Å². The summed E-state index contributed by atoms with van der Waals surface area (Å²) in [6.45, 7) is 4.12. The number of benzene rings is 1. The Morgan fingerprint density at radius 3 is 2.59 bits per heavy atom. The highest BCUT2D eigenvalue weighted by Crippen LogP contribution is 2.29. The molecule has 1 aliphatic rings. The molecule has 29 heavy (non-hydrogen) atoms. The summed E-state index contributed by atoms with van der Waals surface area (Å²) in [7, 11) is -1.50. The minimum absolute atomic E-state index is 0.0243. The molecule has 0 saturated heterocycles. The first kappa shape index (κ1) is 20.3. The van der Waals surface area contributed by atoms with Crippen molar-refractivity contribution in [2.75, 3.05) is 13.1 Å². The summed E-state index contributed by atoms with van der Waals surface area (Å²) < 4.78 is 31.1. The second-order valence-corrected chi connectivity index (χ2v) is 10.6. The van der Waals surface area contributed by atoms with Gasteiger partial charge >= 0.3 is 0 Å². The summed E-state index contributed by atoms with van der Waals surface area (Å²) in [4.78, 5) is 3.46. The number of aromatic nitrogens is 1. The van der Waals surface area contributed by atoms with Crippen molar-refractivity contribution in [3.8, 4) is 0 Å². The van der Waals surface area contributed by atoms with Crippen LogP contribution in [-0.4, -0.2) is 31.0 Å². The van der Waals surface area contributed by atoms with Gasteiger partial charge in [0.05, 0.1) is 6.04 Å². The lowest BCUT2D eigenvalue weighted by Gasteiger charge is -2.36. The van der Waals surface area contributed by atoms with E-state index in [1.54, 1.807) is 6.07 Å². The Morgan fingerprint density at radius 1 is 1.10 bits per heavy atom. The van der Waals surface area contributed by atoms with Gasteiger partial charge in [-0.05, 0) is 48.2 Å². The Hall–Kier alpha value is -1.93. The van der Waals surface area contributed by atoms with Gasteiger partial charge in [0.15, 0.2) is 0 Å². The number of hydrogen-bond acceptors (Lipinski definition) is 4. The predicted molar refractivity (Wildman–Crippen MR) is 118 cm³/mol. The first-order valence-electron chi connectivity index (χ1n) is 9.98. The molecule has 5 nitrogen and oxygen atoms in total. The first-order valence-corrected chi connectivity index (χ1v) is 12.3. The lowest BCUT2D eigenvalue weighted by Crippen LogP contribution is -2.41. The molecule has 1 aliphatic heterocycles. The molecule has 0 saturated carbocycles. The van der Waals surface area contributed by atoms with Crippen LogP contribution < -0.4 is 4.72 Å². The average molecular weight is 430 g/mol. The lowest BCUT2D eigenvalue weighted by molar-refractivity contribution is 0.174. The Morgan fingerprint density at radius 2 is 1.90 bits per heavy atom. The van der Waals surface area contributed by atoms with Crippen LogP contribution in [0.4, 0.5) is 0 Å². The summed E-state index contributed by atoms with van der Waals surface area (Å²) >= 11 is 1.35. The zero-order valence-corrected chi connectivity index (χ0v) is 18.5. The molecule has 0 spiro atoms. The van der Waals surface area contributed by atoms with E-state index in [2.05, 4.69) is 44.5 Å². The normalized spacial score (nSPS) is 15.9. The van der Waals surface area contributed by atoms with Crippen LogP contribution >= 0.6 is 11.3 Å². The topological polar surface area (TPSA) is 54.3 Å². The molecule has 0 unspecified atom stereocenters. The fourth-order valence-electron chi connectivity index (χ4n) is 3.98. The van der Waals surface area contributed by atoms with Gasteiger partial charge < -0.3 is 4.57 Å². The van der Waals surface area contributed by atoms with Crippen LogP contribution in [0.3, 0.4) is 0 Å². The van der Waals surface area contributed by atoms with E-state index in [0.717, 1.165) is 36.5 Å². The Bertz CT molecular complexity index is 1080. The molecule has 0 fully saturated rings. The molecular weight excluding hydrogens is 402 g/mol. The smallest absolute Gasteiger partial charge is 0.250 e. The van der Waals surface area contributed by atoms with Crippen molar-refractivity contribution in [1.29, 1.82) is 0 Å². The summed E-state index contributed by atoms with van der Waals surface area (Å²) in [6.07, 6.45) is 3.84. The zero-order valence-electron chi connectivity index (χ0n) is 16.8. The van der Waals surface area contributed by atoms with Gasteiger partial charge in [0.2, 0.25) is 10.0 Å². The maximum Gasteiger partial charge on any atom is 0.250 e. The van der Waals surface area contributed by atoms with Gasteiger partial charge in [0.25, 0.3) is 0 Å². The molecule has 0 bridgehead atoms. The van der Waals surface area contributed by atoms with Crippen molar-refractivity contribution in [2.45, 2.75) is 36.6 Å². The molecule has 3 heterocycles. The first-order chi connectivity index (χ1) is 14.0. The summed E-state index contributed by atoms with van der Waals surface area (Å²) in [5.74, 6) is 0. The standard InChI is InChI=1S/C22H27N3O2S2/c1-3-19-10-11-22(28-19)29(26,27)23-15-21(20-9-6-13-24(20)2)25-14-12-17-7-4-5-8-18(17)16-25/h4-11,13,21,23H,3,12,14-16H2,1-2H3/t21-/m0/s1. The molecule has 7 heteroatoms. The molecule has 1 N–H and O–H groups in total. The van der Waals surface area contributed by atoms with Crippen molar-refractivity contribution in [3.63, 3.8) is 0 Å². The molecule has 0 aliphatic carbocycles. The van der Waals surface area contributed by atoms with Crippen molar-refractivity contribution in [3.05, 3.63) is 76.4 Å². The van der Waals surface area contributed by atoms with E-state index in [1.165, 1.54) is 22.5 Å². The highest BCUT2D eigenvalue weighted by Gasteiger charge is 2.28. The van der Waals surface area contributed by atoms with Crippen molar-refractivity contribution in [1.82, 2.24) is 14.2 Å². The number of aryl methyl sites for hydroxylation is 2. The van der Waals surface area contributed by atoms with Crippen molar-refractivity contribution >= 4 is 21.4 Å². The van der Waals surface area contributed by atoms with Crippen molar-refractivity contribution in [2.24, 2.45) is 7.05 Å². The largest absolute Gasteiger partial charge is 0.353 e. The number of nitrogens with zero attached hydrogens (tertiary/aromatic N) is 2. The van der Waals surface area contributed by atoms with Gasteiger partial charge in [0, 0.05) is 43.4 Å². The third kappa shape index (κ3) is 4.33. The predicted octanol–water partition coefficient (Wildman–Crippen LogP) is 3.73. The summed E-state index contributed by atoms with van der Waals surface area (Å²) in [5.41, 5.74) is 3.83. The second-order valence-electron chi connectivity index (χ2n) is 7.48. The molecule has 154 valence electrons. The van der Waals surface area contributed by atoms with Gasteiger partial charge in [-0.25, -0.2) is 13.1 Å². The van der Waals surface area contributed by atoms with E-state index in [0.29, 0.717) is 10.8 Å². The third-order valence-corrected chi connectivity index (χ3v) is 8.79. The lowest BCUT2D eigenvalue weighted by atomic mass is 9.98. The van der Waals surface area contributed by atoms with Gasteiger partial charge in [0.1, 0.15) is 4.21 Å². The van der Waals surface area contributed by atoms with E-state index in [-0.39, 0.29) is 6.04 Å². The SMILES string of the molecule is CCc1ccc(S(=O)(=O)NC[C@@H](c2cccn2C)N2CCc3ccccc3C2)s1. The van der Waals surface area contributed by atoms with Gasteiger partial charge in [-0.1, -0.05) is 31.2 Å². The monoisotopic (exact) mass is 429 g/mol. The van der Waals surface area contributed by atoms with Gasteiger partial charge in [-0.15, -0.1) is 11.3 Å². The number of rotatable bonds is 7. The summed E-state index contributed by atoms with van der Waals surface area (Å²) in [6, 6.07) is 16.2. The summed E-state index contributed by atoms with van der Waals surface area (Å²) in [5, 5.41) is 0. The maximum absolute atomic E-state index is 12.9. The van der Waals surface area contributed by atoms with Crippen molar-refractivity contribution < 1.29 is 8.42 Å². The number of sulfonamides is 1. The quantitative estimate of drug-likeness (QED) is 0.623. The van der Waals surface area contributed by atoms with E-state index in [4.69, 9.17) is 0 Å². The van der Waals surface area contributed by atoms with Crippen LogP contribution in [0, 0.1) is 0 Å². The minimum atomic E-state index is -3.52. The molecular formula is C22H27N3O2S2. The molecule has 1 aromatic carbocycles. The molecule has 0 radical (unpaired) electrons. The van der Waals surface area contributed by atoms with E-state index >= 15 is 0 Å². The molecule has 0 amide bonds. The fraction of sp³-hybridized carbons (Fsp3) is 0.364. The average Bonchev–Trinajstić information content (AvgIpc) is 3.38. The van der Waals surface area contributed by atoms with Gasteiger partial charge in [-0.2, -0.15) is 0 Å². The van der Waals surface area contributed by atoms with Crippen LogP contribution in [0.5, 0.6) is 0 Å². The number of fused-ring (bicyclic) bond motifs is 1. The van der Waals surface area contributed by atoms with E-state index in [9.17, 15) is 8.42 Å². The molecule has 3 aromatic rings. The highest BCUT2D eigenvalue weighted by molar-refractivity contribution is 7.91. The molecule has 2 aromatic heterocycles. The molecule has 4 rings (SSSR count). The van der Waals surface area contributed by atoms with Crippen LogP contribution in [-0.2, 0) is 36.5 Å². The number of nitrogens with one attached hydrogen (secondary N) is 1. The Balaban J connectivity index is 1.57. The van der Waals surface area contributed by atoms with Crippen LogP contribution in [0.25, 0.3) is 0 Å². The Labute approximate surface area is 177 Å². The number of thiophene rings is 1. The second kappa shape index (κ2) is 8.44. The highest BCUT2D eigenvalue weighted by atomic mass is 32.2. The fourth-order valence-corrected chi connectivity index (χ4v) is 6.36. The van der Waals surface area contributed by atoms with Crippen LogP contribution in [0.15, 0.2) is 58.9 Å². The van der Waals surface area contributed by atoms with Crippen LogP contribution in [0.1, 0.15) is 34.7 Å². The minimum Gasteiger partial charge on any atom is -0.353 e. The van der Waals surface area contributed by atoms with E-state index in [1.807, 2.05) is 32.3 Å². The maximum atomic E-state index is 12.9. The van der Waals surface area contributed by atoms with E-state index < -0.39 is 10.0 Å².